The predicted octanol–water partition coefficient (Wildman–Crippen LogP) is 1.87. The molecule has 3 atom stereocenters. The second kappa shape index (κ2) is 8.46. The van der Waals surface area contributed by atoms with Crippen molar-refractivity contribution in [2.75, 3.05) is 51.8 Å². The van der Waals surface area contributed by atoms with E-state index in [0.29, 0.717) is 17.9 Å². The highest BCUT2D eigenvalue weighted by Gasteiger charge is 2.41. The van der Waals surface area contributed by atoms with E-state index in [1.807, 2.05) is 12.1 Å². The first kappa shape index (κ1) is 20.2. The van der Waals surface area contributed by atoms with E-state index in [1.165, 1.54) is 11.1 Å². The molecule has 1 aromatic carbocycles. The third kappa shape index (κ3) is 3.87. The van der Waals surface area contributed by atoms with Gasteiger partial charge < -0.3 is 19.4 Å². The number of nitrogens with zero attached hydrogens (tertiary/aromatic N) is 5. The number of aromatic nitrogens is 2. The van der Waals surface area contributed by atoms with E-state index in [-0.39, 0.29) is 5.92 Å². The van der Waals surface area contributed by atoms with Crippen LogP contribution in [0.25, 0.3) is 0 Å². The number of likely N-dealkylation sites (N-methyl/N-ethyl adjacent to an activating group) is 1. The van der Waals surface area contributed by atoms with Crippen LogP contribution in [0.15, 0.2) is 36.5 Å². The maximum atomic E-state index is 13.4. The van der Waals surface area contributed by atoms with E-state index >= 15 is 0 Å². The molecule has 0 spiro atoms. The van der Waals surface area contributed by atoms with Gasteiger partial charge in [0.15, 0.2) is 5.82 Å². The number of fused-ring (bicyclic) bond motifs is 2. The number of methoxy groups -OCH3 is 1. The number of carbonyl (C=O) groups excluding carboxylic acids is 1. The monoisotopic (exact) mass is 421 g/mol. The largest absolute Gasteiger partial charge is 0.496 e. The molecule has 7 heteroatoms. The minimum absolute atomic E-state index is 0.0746. The summed E-state index contributed by atoms with van der Waals surface area (Å²) in [5.41, 5.74) is 2.74. The summed E-state index contributed by atoms with van der Waals surface area (Å²) in [4.78, 5) is 20.1. The second-order valence-electron chi connectivity index (χ2n) is 9.10. The van der Waals surface area contributed by atoms with Crippen molar-refractivity contribution in [3.63, 3.8) is 0 Å². The average molecular weight is 422 g/mol. The van der Waals surface area contributed by atoms with Crippen LogP contribution in [0.4, 0.5) is 5.82 Å². The molecule has 2 aliphatic heterocycles. The zero-order valence-electron chi connectivity index (χ0n) is 18.4. The summed E-state index contributed by atoms with van der Waals surface area (Å²) in [6.45, 7) is 3.97. The summed E-state index contributed by atoms with van der Waals surface area (Å²) in [6, 6.07) is 10.8. The molecule has 2 fully saturated rings. The summed E-state index contributed by atoms with van der Waals surface area (Å²) in [5.74, 6) is 2.77. The minimum Gasteiger partial charge on any atom is -0.496 e. The number of amides is 1. The van der Waals surface area contributed by atoms with Crippen LogP contribution in [0, 0.1) is 11.8 Å². The molecule has 0 radical (unpaired) electrons. The first-order valence-electron chi connectivity index (χ1n) is 11.3. The molecule has 0 bridgehead atoms. The Morgan fingerprint density at radius 3 is 2.68 bits per heavy atom. The lowest BCUT2D eigenvalue weighted by atomic mass is 9.72. The molecule has 1 amide bonds. The Bertz CT molecular complexity index is 929. The van der Waals surface area contributed by atoms with Crippen molar-refractivity contribution in [1.82, 2.24) is 20.0 Å². The van der Waals surface area contributed by atoms with Crippen LogP contribution < -0.4 is 9.64 Å². The van der Waals surface area contributed by atoms with Crippen LogP contribution in [-0.4, -0.2) is 78.8 Å². The molecule has 3 heterocycles. The molecule has 0 unspecified atom stereocenters. The quantitative estimate of drug-likeness (QED) is 0.754. The van der Waals surface area contributed by atoms with E-state index in [0.717, 1.165) is 63.6 Å². The fourth-order valence-electron chi connectivity index (χ4n) is 5.75. The normalized spacial score (nSPS) is 26.2. The lowest BCUT2D eigenvalue weighted by Gasteiger charge is -2.47. The highest BCUT2D eigenvalue weighted by molar-refractivity contribution is 5.79. The molecule has 7 nitrogen and oxygen atoms in total. The van der Waals surface area contributed by atoms with Crippen LogP contribution in [0.3, 0.4) is 0 Å². The zero-order valence-corrected chi connectivity index (χ0v) is 18.4. The SMILES string of the molecule is COc1cccc2c1C[C@H]1C[C@@H](C(=O)N3CCN(c4cccnn4)CC3)CN(C)[C@@H]1C2. The number of ether oxygens (including phenoxy) is 1. The molecule has 2 saturated heterocycles. The number of anilines is 1. The van der Waals surface area contributed by atoms with E-state index < -0.39 is 0 Å². The predicted molar refractivity (Wildman–Crippen MR) is 119 cm³/mol. The van der Waals surface area contributed by atoms with Gasteiger partial charge >= 0.3 is 0 Å². The lowest BCUT2D eigenvalue weighted by molar-refractivity contribution is -0.139. The van der Waals surface area contributed by atoms with Gasteiger partial charge in [-0.15, -0.1) is 5.10 Å². The maximum absolute atomic E-state index is 13.4. The van der Waals surface area contributed by atoms with Gasteiger partial charge in [0.1, 0.15) is 5.75 Å². The Kier molecular flexibility index (Phi) is 5.52. The van der Waals surface area contributed by atoms with Gasteiger partial charge in [0.05, 0.1) is 13.0 Å². The zero-order chi connectivity index (χ0) is 21.4. The molecule has 1 aliphatic carbocycles. The van der Waals surface area contributed by atoms with Gasteiger partial charge in [-0.1, -0.05) is 12.1 Å². The Balaban J connectivity index is 1.25. The lowest BCUT2D eigenvalue weighted by Crippen LogP contribution is -2.56. The maximum Gasteiger partial charge on any atom is 0.227 e. The van der Waals surface area contributed by atoms with Gasteiger partial charge in [0.2, 0.25) is 5.91 Å². The van der Waals surface area contributed by atoms with Gasteiger partial charge in [-0.2, -0.15) is 5.10 Å². The number of hydrogen-bond acceptors (Lipinski definition) is 6. The number of benzene rings is 1. The highest BCUT2D eigenvalue weighted by atomic mass is 16.5. The van der Waals surface area contributed by atoms with Crippen LogP contribution in [0.2, 0.25) is 0 Å². The molecule has 5 rings (SSSR count). The second-order valence-corrected chi connectivity index (χ2v) is 9.10. The first-order valence-corrected chi connectivity index (χ1v) is 11.3. The van der Waals surface area contributed by atoms with E-state index in [2.05, 4.69) is 50.1 Å². The highest BCUT2D eigenvalue weighted by Crippen LogP contribution is 2.40. The van der Waals surface area contributed by atoms with Crippen molar-refractivity contribution in [2.45, 2.75) is 25.3 Å². The number of hydrogen-bond donors (Lipinski definition) is 0. The molecular weight excluding hydrogens is 390 g/mol. The summed E-state index contributed by atoms with van der Waals surface area (Å²) in [6.07, 6.45) is 4.70. The number of likely N-dealkylation sites (tertiary alicyclic amines) is 1. The van der Waals surface area contributed by atoms with Crippen LogP contribution in [0.1, 0.15) is 17.5 Å². The Morgan fingerprint density at radius 2 is 1.94 bits per heavy atom. The first-order chi connectivity index (χ1) is 15.1. The summed E-state index contributed by atoms with van der Waals surface area (Å²) in [7, 11) is 3.94. The van der Waals surface area contributed by atoms with Gasteiger partial charge in [-0.3, -0.25) is 4.79 Å². The van der Waals surface area contributed by atoms with Crippen molar-refractivity contribution >= 4 is 11.7 Å². The number of carbonyl (C=O) groups is 1. The molecule has 3 aliphatic rings. The standard InChI is InChI=1S/C24H31N5O2/c1-27-16-19(13-18-14-20-17(15-21(18)27)5-3-6-22(20)31-2)24(30)29-11-9-28(10-12-29)23-7-4-8-25-26-23/h3-8,18-19,21H,9-16H2,1-2H3/t18-,19-,21-/m1/s1. The van der Waals surface area contributed by atoms with Crippen molar-refractivity contribution < 1.29 is 9.53 Å². The van der Waals surface area contributed by atoms with Gasteiger partial charge in [-0.05, 0) is 61.6 Å². The van der Waals surface area contributed by atoms with Gasteiger partial charge in [0.25, 0.3) is 0 Å². The summed E-state index contributed by atoms with van der Waals surface area (Å²) in [5, 5.41) is 8.18. The Morgan fingerprint density at radius 1 is 1.10 bits per heavy atom. The van der Waals surface area contributed by atoms with Gasteiger partial charge in [-0.25, -0.2) is 0 Å². The summed E-state index contributed by atoms with van der Waals surface area (Å²) >= 11 is 0. The van der Waals surface area contributed by atoms with E-state index in [4.69, 9.17) is 4.74 Å². The van der Waals surface area contributed by atoms with Crippen molar-refractivity contribution in [1.29, 1.82) is 0 Å². The third-order valence-corrected chi connectivity index (χ3v) is 7.37. The van der Waals surface area contributed by atoms with Crippen LogP contribution in [-0.2, 0) is 17.6 Å². The fourth-order valence-corrected chi connectivity index (χ4v) is 5.75. The van der Waals surface area contributed by atoms with Crippen molar-refractivity contribution in [3.8, 4) is 5.75 Å². The fraction of sp³-hybridized carbons (Fsp3) is 0.542. The number of rotatable bonds is 3. The Hall–Kier alpha value is -2.67. The summed E-state index contributed by atoms with van der Waals surface area (Å²) < 4.78 is 5.63. The van der Waals surface area contributed by atoms with Gasteiger partial charge in [0, 0.05) is 45.0 Å². The molecule has 0 saturated carbocycles. The van der Waals surface area contributed by atoms with E-state index in [9.17, 15) is 4.79 Å². The van der Waals surface area contributed by atoms with E-state index in [1.54, 1.807) is 13.3 Å². The molecule has 2 aromatic rings. The Labute approximate surface area is 184 Å². The third-order valence-electron chi connectivity index (χ3n) is 7.37. The molecule has 31 heavy (non-hydrogen) atoms. The number of piperazine rings is 1. The average Bonchev–Trinajstić information content (AvgIpc) is 2.83. The van der Waals surface area contributed by atoms with Crippen LogP contribution in [0.5, 0.6) is 5.75 Å². The molecule has 1 aromatic heterocycles. The molecule has 164 valence electrons. The number of piperidine rings is 1. The van der Waals surface area contributed by atoms with Crippen molar-refractivity contribution in [3.05, 3.63) is 47.7 Å². The van der Waals surface area contributed by atoms with Crippen molar-refractivity contribution in [2.24, 2.45) is 11.8 Å². The molecular formula is C24H31N5O2. The smallest absolute Gasteiger partial charge is 0.227 e. The molecule has 0 N–H and O–H groups in total. The van der Waals surface area contributed by atoms with Crippen LogP contribution >= 0.6 is 0 Å². The topological polar surface area (TPSA) is 61.8 Å². The minimum atomic E-state index is 0.0746.